The summed E-state index contributed by atoms with van der Waals surface area (Å²) < 4.78 is 15.1. The second kappa shape index (κ2) is 7.18. The van der Waals surface area contributed by atoms with Gasteiger partial charge in [-0.1, -0.05) is 12.1 Å². The minimum Gasteiger partial charge on any atom is -0.466 e. The van der Waals surface area contributed by atoms with Crippen molar-refractivity contribution in [1.29, 1.82) is 0 Å². The number of H-pyrrole nitrogens is 1. The third-order valence-electron chi connectivity index (χ3n) is 3.80. The molecule has 1 aromatic heterocycles. The van der Waals surface area contributed by atoms with Crippen LogP contribution < -0.4 is 4.90 Å². The number of anilines is 1. The van der Waals surface area contributed by atoms with E-state index in [4.69, 9.17) is 14.2 Å². The molecule has 2 aromatic rings. The van der Waals surface area contributed by atoms with E-state index in [2.05, 4.69) is 9.97 Å². The van der Waals surface area contributed by atoms with Crippen molar-refractivity contribution in [1.82, 2.24) is 9.97 Å². The molecule has 130 valence electrons. The number of hydrogen-bond acceptors (Lipinski definition) is 7. The Morgan fingerprint density at radius 3 is 2.72 bits per heavy atom. The first-order valence-electron chi connectivity index (χ1n) is 7.49. The van der Waals surface area contributed by atoms with Gasteiger partial charge in [-0.2, -0.15) is 0 Å². The summed E-state index contributed by atoms with van der Waals surface area (Å²) in [5.74, 6) is -1.26. The van der Waals surface area contributed by atoms with E-state index in [0.29, 0.717) is 5.69 Å². The number of esters is 2. The first-order valence-corrected chi connectivity index (χ1v) is 7.49. The van der Waals surface area contributed by atoms with Crippen molar-refractivity contribution in [3.05, 3.63) is 48.1 Å². The van der Waals surface area contributed by atoms with Crippen LogP contribution in [-0.2, 0) is 23.8 Å². The van der Waals surface area contributed by atoms with Crippen LogP contribution in [0.25, 0.3) is 11.3 Å². The summed E-state index contributed by atoms with van der Waals surface area (Å²) in [6, 6.07) is 7.42. The molecule has 8 heteroatoms. The molecule has 0 aliphatic carbocycles. The predicted octanol–water partition coefficient (Wildman–Crippen LogP) is 1.47. The van der Waals surface area contributed by atoms with Crippen molar-refractivity contribution in [2.24, 2.45) is 0 Å². The molecule has 0 saturated heterocycles. The van der Waals surface area contributed by atoms with Gasteiger partial charge in [-0.15, -0.1) is 0 Å². The van der Waals surface area contributed by atoms with Gasteiger partial charge in [-0.25, -0.2) is 14.6 Å². The maximum absolute atomic E-state index is 12.3. The van der Waals surface area contributed by atoms with Gasteiger partial charge >= 0.3 is 11.9 Å². The Morgan fingerprint density at radius 2 is 2.04 bits per heavy atom. The molecule has 0 unspecified atom stereocenters. The maximum Gasteiger partial charge on any atom is 0.355 e. The van der Waals surface area contributed by atoms with E-state index in [1.54, 1.807) is 17.4 Å². The zero-order chi connectivity index (χ0) is 17.8. The predicted molar refractivity (Wildman–Crippen MR) is 88.4 cm³/mol. The fourth-order valence-corrected chi connectivity index (χ4v) is 2.60. The van der Waals surface area contributed by atoms with Gasteiger partial charge in [-0.3, -0.25) is 0 Å². The zero-order valence-corrected chi connectivity index (χ0v) is 13.8. The van der Waals surface area contributed by atoms with Gasteiger partial charge in [0.1, 0.15) is 12.4 Å². The van der Waals surface area contributed by atoms with Crippen LogP contribution in [-0.4, -0.2) is 49.5 Å². The van der Waals surface area contributed by atoms with Crippen LogP contribution in [0.4, 0.5) is 5.69 Å². The van der Waals surface area contributed by atoms with Crippen LogP contribution in [0.1, 0.15) is 0 Å². The van der Waals surface area contributed by atoms with Crippen molar-refractivity contribution in [3.8, 4) is 11.3 Å². The fraction of sp³-hybridized carbons (Fsp3) is 0.235. The molecule has 0 bridgehead atoms. The lowest BCUT2D eigenvalue weighted by Gasteiger charge is -2.31. The molecule has 1 N–H and O–H groups in total. The molecule has 0 saturated carbocycles. The largest absolute Gasteiger partial charge is 0.466 e. The van der Waals surface area contributed by atoms with Gasteiger partial charge in [0.2, 0.25) is 0 Å². The van der Waals surface area contributed by atoms with Crippen LogP contribution >= 0.6 is 0 Å². The molecule has 3 rings (SSSR count). The first kappa shape index (κ1) is 16.7. The van der Waals surface area contributed by atoms with Crippen LogP contribution in [0.3, 0.4) is 0 Å². The molecule has 0 spiro atoms. The Hall–Kier alpha value is -3.13. The molecule has 0 atom stereocenters. The van der Waals surface area contributed by atoms with E-state index >= 15 is 0 Å². The number of nitrogens with zero attached hydrogens (tertiary/aromatic N) is 2. The van der Waals surface area contributed by atoms with E-state index < -0.39 is 11.9 Å². The van der Waals surface area contributed by atoms with E-state index in [1.165, 1.54) is 14.2 Å². The van der Waals surface area contributed by atoms with E-state index in [0.717, 1.165) is 11.3 Å². The Kier molecular flexibility index (Phi) is 4.80. The number of benzene rings is 1. The van der Waals surface area contributed by atoms with Crippen LogP contribution in [0.5, 0.6) is 0 Å². The average Bonchev–Trinajstić information content (AvgIpc) is 3.21. The molecular weight excluding hydrogens is 326 g/mol. The summed E-state index contributed by atoms with van der Waals surface area (Å²) in [6.07, 6.45) is 3.28. The minimum atomic E-state index is -0.630. The minimum absolute atomic E-state index is 0.0200. The Bertz CT molecular complexity index is 813. The number of methoxy groups -OCH3 is 2. The number of rotatable bonds is 4. The second-order valence-electron chi connectivity index (χ2n) is 5.23. The summed E-state index contributed by atoms with van der Waals surface area (Å²) in [6.45, 7) is 0.0885. The van der Waals surface area contributed by atoms with Crippen LogP contribution in [0.15, 0.2) is 48.1 Å². The van der Waals surface area contributed by atoms with Gasteiger partial charge in [0.25, 0.3) is 0 Å². The Morgan fingerprint density at radius 1 is 1.24 bits per heavy atom. The number of nitrogens with one attached hydrogen (secondary N) is 1. The Labute approximate surface area is 144 Å². The molecule has 0 amide bonds. The second-order valence-corrected chi connectivity index (χ2v) is 5.23. The molecule has 1 aliphatic rings. The number of imidazole rings is 1. The highest BCUT2D eigenvalue weighted by Gasteiger charge is 2.32. The number of aromatic nitrogens is 2. The lowest BCUT2D eigenvalue weighted by Crippen LogP contribution is -2.38. The summed E-state index contributed by atoms with van der Waals surface area (Å²) in [5.41, 5.74) is 2.62. The SMILES string of the molecule is COC(=O)C1=C(C(=O)OC)N(c2cccc(-c3cnc[nH]3)c2)COC1. The summed E-state index contributed by atoms with van der Waals surface area (Å²) >= 11 is 0. The van der Waals surface area contributed by atoms with Crippen molar-refractivity contribution >= 4 is 17.6 Å². The standard InChI is InChI=1S/C17H17N3O5/c1-23-16(21)13-8-25-10-20(15(13)17(22)24-2)12-5-3-4-11(6-12)14-7-18-9-19-14/h3-7,9H,8,10H2,1-2H3,(H,18,19). The van der Waals surface area contributed by atoms with E-state index in [9.17, 15) is 9.59 Å². The van der Waals surface area contributed by atoms with Gasteiger partial charge in [-0.05, 0) is 12.1 Å². The van der Waals surface area contributed by atoms with Gasteiger partial charge in [0.05, 0.1) is 44.6 Å². The molecule has 1 aliphatic heterocycles. The average molecular weight is 343 g/mol. The van der Waals surface area contributed by atoms with Crippen molar-refractivity contribution in [2.45, 2.75) is 0 Å². The molecule has 0 fully saturated rings. The number of hydrogen-bond donors (Lipinski definition) is 1. The van der Waals surface area contributed by atoms with Crippen LogP contribution in [0.2, 0.25) is 0 Å². The third-order valence-corrected chi connectivity index (χ3v) is 3.80. The maximum atomic E-state index is 12.3. The van der Waals surface area contributed by atoms with Gasteiger partial charge in [0, 0.05) is 11.3 Å². The number of carbonyl (C=O) groups is 2. The van der Waals surface area contributed by atoms with E-state index in [1.807, 2.05) is 24.3 Å². The molecule has 0 radical (unpaired) electrons. The fourth-order valence-electron chi connectivity index (χ4n) is 2.60. The van der Waals surface area contributed by atoms with E-state index in [-0.39, 0.29) is 24.6 Å². The molecule has 1 aromatic carbocycles. The first-order chi connectivity index (χ1) is 12.2. The molecule has 8 nitrogen and oxygen atoms in total. The normalized spacial score (nSPS) is 14.4. The molecule has 25 heavy (non-hydrogen) atoms. The molecular formula is C17H17N3O5. The third kappa shape index (κ3) is 3.24. The lowest BCUT2D eigenvalue weighted by atomic mass is 10.1. The van der Waals surface area contributed by atoms with Crippen LogP contribution in [0, 0.1) is 0 Å². The summed E-state index contributed by atoms with van der Waals surface area (Å²) in [4.78, 5) is 32.9. The highest BCUT2D eigenvalue weighted by atomic mass is 16.5. The summed E-state index contributed by atoms with van der Waals surface area (Å²) in [5, 5.41) is 0. The van der Waals surface area contributed by atoms with Crippen molar-refractivity contribution < 1.29 is 23.8 Å². The number of aromatic amines is 1. The quantitative estimate of drug-likeness (QED) is 0.840. The highest BCUT2D eigenvalue weighted by Crippen LogP contribution is 2.29. The smallest absolute Gasteiger partial charge is 0.355 e. The number of ether oxygens (including phenoxy) is 3. The van der Waals surface area contributed by atoms with Crippen molar-refractivity contribution in [3.63, 3.8) is 0 Å². The highest BCUT2D eigenvalue weighted by molar-refractivity contribution is 6.03. The number of carbonyl (C=O) groups excluding carboxylic acids is 2. The summed E-state index contributed by atoms with van der Waals surface area (Å²) in [7, 11) is 2.51. The monoisotopic (exact) mass is 343 g/mol. The lowest BCUT2D eigenvalue weighted by molar-refractivity contribution is -0.140. The molecule has 2 heterocycles. The van der Waals surface area contributed by atoms with Gasteiger partial charge < -0.3 is 24.1 Å². The van der Waals surface area contributed by atoms with Crippen molar-refractivity contribution in [2.75, 3.05) is 32.5 Å². The Balaban J connectivity index is 2.07. The van der Waals surface area contributed by atoms with Gasteiger partial charge in [0.15, 0.2) is 0 Å². The topological polar surface area (TPSA) is 93.8 Å². The zero-order valence-electron chi connectivity index (χ0n) is 13.8.